The number of nitrogens with zero attached hydrogens (tertiary/aromatic N) is 1. The van der Waals surface area contributed by atoms with Crippen LogP contribution in [0, 0.1) is 0 Å². The normalized spacial score (nSPS) is 10.2. The summed E-state index contributed by atoms with van der Waals surface area (Å²) in [4.78, 5) is 4.31. The van der Waals surface area contributed by atoms with Crippen LogP contribution in [-0.4, -0.2) is 10.9 Å². The molecule has 0 aliphatic rings. The second-order valence-electron chi connectivity index (χ2n) is 2.76. The molecule has 1 nitrogen and oxygen atoms in total. The van der Waals surface area contributed by atoms with E-state index in [0.29, 0.717) is 0 Å². The minimum Gasteiger partial charge on any atom is -0.261 e. The molecule has 0 unspecified atom stereocenters. The van der Waals surface area contributed by atoms with Crippen LogP contribution in [0.25, 0.3) is 0 Å². The molecule has 1 rings (SSSR count). The van der Waals surface area contributed by atoms with Crippen molar-refractivity contribution in [3.05, 3.63) is 29.6 Å². The summed E-state index contributed by atoms with van der Waals surface area (Å²) in [5, 5.41) is 0. The number of alkyl halides is 1. The molecule has 12 heavy (non-hydrogen) atoms. The first kappa shape index (κ1) is 9.53. The predicted molar refractivity (Wildman–Crippen MR) is 52.7 cm³/mol. The minimum atomic E-state index is 0.734. The fourth-order valence-corrected chi connectivity index (χ4v) is 1.41. The van der Waals surface area contributed by atoms with Crippen molar-refractivity contribution in [1.29, 1.82) is 0 Å². The molecule has 0 aliphatic carbocycles. The fraction of sp³-hybridized carbons (Fsp3) is 0.500. The summed E-state index contributed by atoms with van der Waals surface area (Å²) in [6, 6.07) is 4.13. The topological polar surface area (TPSA) is 12.9 Å². The third kappa shape index (κ3) is 2.49. The van der Waals surface area contributed by atoms with Gasteiger partial charge in [-0.1, -0.05) is 13.0 Å². The molecule has 0 radical (unpaired) electrons. The van der Waals surface area contributed by atoms with Crippen LogP contribution in [0.5, 0.6) is 0 Å². The molecule has 0 fully saturated rings. The zero-order chi connectivity index (χ0) is 8.81. The maximum atomic E-state index is 5.63. The lowest BCUT2D eigenvalue weighted by Crippen LogP contribution is -1.96. The molecule has 0 aromatic carbocycles. The highest BCUT2D eigenvalue weighted by atomic mass is 35.5. The van der Waals surface area contributed by atoms with Crippen molar-refractivity contribution in [1.82, 2.24) is 4.98 Å². The summed E-state index contributed by atoms with van der Waals surface area (Å²) in [5.41, 5.74) is 2.56. The van der Waals surface area contributed by atoms with Gasteiger partial charge in [0, 0.05) is 17.8 Å². The largest absolute Gasteiger partial charge is 0.261 e. The van der Waals surface area contributed by atoms with Gasteiger partial charge < -0.3 is 0 Å². The summed E-state index contributed by atoms with van der Waals surface area (Å²) in [5.74, 6) is 0.734. The Labute approximate surface area is 78.8 Å². The van der Waals surface area contributed by atoms with Gasteiger partial charge >= 0.3 is 0 Å². The van der Waals surface area contributed by atoms with Gasteiger partial charge in [0.2, 0.25) is 0 Å². The Kier molecular flexibility index (Phi) is 4.09. The third-order valence-electron chi connectivity index (χ3n) is 1.90. The van der Waals surface area contributed by atoms with Gasteiger partial charge in [0.1, 0.15) is 0 Å². The summed E-state index contributed by atoms with van der Waals surface area (Å²) in [6.45, 7) is 2.13. The van der Waals surface area contributed by atoms with Crippen molar-refractivity contribution in [2.45, 2.75) is 26.2 Å². The number of halogens is 1. The van der Waals surface area contributed by atoms with Gasteiger partial charge in [-0.2, -0.15) is 0 Å². The number of hydrogen-bond donors (Lipinski definition) is 0. The molecule has 66 valence electrons. The second kappa shape index (κ2) is 5.15. The van der Waals surface area contributed by atoms with E-state index in [0.717, 1.165) is 25.1 Å². The number of pyridine rings is 1. The second-order valence-corrected chi connectivity index (χ2v) is 3.13. The highest BCUT2D eigenvalue weighted by molar-refractivity contribution is 6.17. The number of aryl methyl sites for hydroxylation is 2. The monoisotopic (exact) mass is 183 g/mol. The Morgan fingerprint density at radius 1 is 1.50 bits per heavy atom. The van der Waals surface area contributed by atoms with E-state index in [2.05, 4.69) is 18.0 Å². The number of aromatic nitrogens is 1. The van der Waals surface area contributed by atoms with Crippen molar-refractivity contribution in [3.8, 4) is 0 Å². The molecule has 1 heterocycles. The van der Waals surface area contributed by atoms with E-state index in [1.807, 2.05) is 12.3 Å². The number of hydrogen-bond acceptors (Lipinski definition) is 1. The first-order valence-corrected chi connectivity index (χ1v) is 4.90. The molecule has 0 saturated carbocycles. The van der Waals surface area contributed by atoms with E-state index in [-0.39, 0.29) is 0 Å². The SMILES string of the molecule is CCc1ncccc1CCCCl. The molecule has 0 aliphatic heterocycles. The summed E-state index contributed by atoms with van der Waals surface area (Å²) < 4.78 is 0. The van der Waals surface area contributed by atoms with Gasteiger partial charge in [0.05, 0.1) is 0 Å². The van der Waals surface area contributed by atoms with Crippen LogP contribution in [-0.2, 0) is 12.8 Å². The molecule has 0 spiro atoms. The van der Waals surface area contributed by atoms with Crippen LogP contribution in [0.2, 0.25) is 0 Å². The average Bonchev–Trinajstić information content (AvgIpc) is 2.15. The van der Waals surface area contributed by atoms with E-state index >= 15 is 0 Å². The lowest BCUT2D eigenvalue weighted by molar-refractivity contribution is 0.880. The maximum absolute atomic E-state index is 5.63. The van der Waals surface area contributed by atoms with Gasteiger partial charge in [-0.15, -0.1) is 11.6 Å². The van der Waals surface area contributed by atoms with Gasteiger partial charge in [-0.25, -0.2) is 0 Å². The zero-order valence-corrected chi connectivity index (χ0v) is 8.14. The van der Waals surface area contributed by atoms with Gasteiger partial charge in [-0.3, -0.25) is 4.98 Å². The van der Waals surface area contributed by atoms with Crippen molar-refractivity contribution in [2.24, 2.45) is 0 Å². The minimum absolute atomic E-state index is 0.734. The van der Waals surface area contributed by atoms with Crippen LogP contribution in [0.4, 0.5) is 0 Å². The molecular weight excluding hydrogens is 170 g/mol. The van der Waals surface area contributed by atoms with Crippen molar-refractivity contribution >= 4 is 11.6 Å². The molecule has 0 amide bonds. The molecule has 1 aromatic rings. The standard InChI is InChI=1S/C10H14ClN/c1-2-10-9(5-3-7-11)6-4-8-12-10/h4,6,8H,2-3,5,7H2,1H3. The van der Waals surface area contributed by atoms with E-state index in [9.17, 15) is 0 Å². The first-order chi connectivity index (χ1) is 5.88. The predicted octanol–water partition coefficient (Wildman–Crippen LogP) is 2.82. The molecule has 0 atom stereocenters. The Balaban J connectivity index is 2.68. The Morgan fingerprint density at radius 2 is 2.33 bits per heavy atom. The molecule has 0 bridgehead atoms. The molecule has 0 N–H and O–H groups in total. The van der Waals surface area contributed by atoms with Gasteiger partial charge in [0.25, 0.3) is 0 Å². The third-order valence-corrected chi connectivity index (χ3v) is 2.17. The van der Waals surface area contributed by atoms with Crippen molar-refractivity contribution < 1.29 is 0 Å². The fourth-order valence-electron chi connectivity index (χ4n) is 1.27. The summed E-state index contributed by atoms with van der Waals surface area (Å²) in [7, 11) is 0. The summed E-state index contributed by atoms with van der Waals surface area (Å²) in [6.07, 6.45) is 4.96. The van der Waals surface area contributed by atoms with E-state index in [4.69, 9.17) is 11.6 Å². The van der Waals surface area contributed by atoms with Crippen LogP contribution in [0.15, 0.2) is 18.3 Å². The highest BCUT2D eigenvalue weighted by Crippen LogP contribution is 2.08. The Morgan fingerprint density at radius 3 is 3.00 bits per heavy atom. The van der Waals surface area contributed by atoms with Crippen LogP contribution >= 0.6 is 11.6 Å². The van der Waals surface area contributed by atoms with Crippen LogP contribution in [0.1, 0.15) is 24.6 Å². The van der Waals surface area contributed by atoms with E-state index in [1.165, 1.54) is 11.3 Å². The lowest BCUT2D eigenvalue weighted by atomic mass is 10.1. The highest BCUT2D eigenvalue weighted by Gasteiger charge is 1.99. The van der Waals surface area contributed by atoms with E-state index in [1.54, 1.807) is 0 Å². The zero-order valence-electron chi connectivity index (χ0n) is 7.39. The van der Waals surface area contributed by atoms with Crippen LogP contribution in [0.3, 0.4) is 0 Å². The summed E-state index contributed by atoms with van der Waals surface area (Å²) >= 11 is 5.63. The Bertz CT molecular complexity index is 235. The Hall–Kier alpha value is -0.560. The number of rotatable bonds is 4. The van der Waals surface area contributed by atoms with Crippen LogP contribution < -0.4 is 0 Å². The molecular formula is C10H14ClN. The molecule has 1 aromatic heterocycles. The van der Waals surface area contributed by atoms with Crippen molar-refractivity contribution in [3.63, 3.8) is 0 Å². The lowest BCUT2D eigenvalue weighted by Gasteiger charge is -2.04. The molecule has 2 heteroatoms. The quantitative estimate of drug-likeness (QED) is 0.655. The van der Waals surface area contributed by atoms with Gasteiger partial charge in [-0.05, 0) is 30.9 Å². The van der Waals surface area contributed by atoms with E-state index < -0.39 is 0 Å². The van der Waals surface area contributed by atoms with Gasteiger partial charge in [0.15, 0.2) is 0 Å². The first-order valence-electron chi connectivity index (χ1n) is 4.37. The smallest absolute Gasteiger partial charge is 0.0432 e. The molecule has 0 saturated heterocycles. The maximum Gasteiger partial charge on any atom is 0.0432 e. The van der Waals surface area contributed by atoms with Crippen molar-refractivity contribution in [2.75, 3.05) is 5.88 Å². The average molecular weight is 184 g/mol.